The molecular formula is C84H84F4N24O4. The predicted molar refractivity (Wildman–Crippen MR) is 438 cm³/mol. The number of aryl methyl sites for hydroxylation is 8. The van der Waals surface area contributed by atoms with Crippen LogP contribution >= 0.6 is 0 Å². The van der Waals surface area contributed by atoms with Crippen LogP contribution < -0.4 is 21.3 Å². The molecule has 4 atom stereocenters. The highest BCUT2D eigenvalue weighted by Crippen LogP contribution is 2.36. The van der Waals surface area contributed by atoms with Crippen LogP contribution in [-0.4, -0.2) is 144 Å². The first-order chi connectivity index (χ1) is 55.6. The number of aliphatic hydroxyl groups excluding tert-OH is 4. The third-order valence-electron chi connectivity index (χ3n) is 18.1. The Hall–Kier alpha value is -13.6. The zero-order valence-electron chi connectivity index (χ0n) is 65.5. The molecule has 0 radical (unpaired) electrons. The number of fused-ring (bicyclic) bond motifs is 4. The Kier molecular flexibility index (Phi) is 24.4. The number of nitrogens with zero attached hydrogens (tertiary/aromatic N) is 20. The number of aromatic nitrogens is 20. The van der Waals surface area contributed by atoms with Crippen LogP contribution in [0.5, 0.6) is 0 Å². The van der Waals surface area contributed by atoms with Gasteiger partial charge in [0.25, 0.3) is 0 Å². The molecule has 16 heterocycles. The summed E-state index contributed by atoms with van der Waals surface area (Å²) < 4.78 is 63.9. The Morgan fingerprint density at radius 1 is 0.319 bits per heavy atom. The van der Waals surface area contributed by atoms with Gasteiger partial charge in [-0.15, -0.1) is 0 Å². The maximum atomic E-state index is 14.3. The summed E-state index contributed by atoms with van der Waals surface area (Å²) in [6, 6.07) is 26.5. The lowest BCUT2D eigenvalue weighted by Crippen LogP contribution is -2.13. The highest BCUT2D eigenvalue weighted by atomic mass is 19.1. The van der Waals surface area contributed by atoms with Crippen molar-refractivity contribution in [3.8, 4) is 45.6 Å². The van der Waals surface area contributed by atoms with Crippen molar-refractivity contribution in [2.24, 2.45) is 0 Å². The summed E-state index contributed by atoms with van der Waals surface area (Å²) in [7, 11) is 0. The molecule has 0 bridgehead atoms. The van der Waals surface area contributed by atoms with Crippen LogP contribution in [0.3, 0.4) is 0 Å². The molecule has 0 aliphatic rings. The first-order valence-corrected chi connectivity index (χ1v) is 37.1. The van der Waals surface area contributed by atoms with Crippen molar-refractivity contribution in [1.29, 1.82) is 0 Å². The Morgan fingerprint density at radius 3 is 0.871 bits per heavy atom. The molecule has 28 nitrogen and oxygen atoms in total. The van der Waals surface area contributed by atoms with Crippen molar-refractivity contribution >= 4 is 89.6 Å². The second kappa shape index (κ2) is 35.2. The largest absolute Gasteiger partial charge is 0.391 e. The molecule has 0 fully saturated rings. The van der Waals surface area contributed by atoms with E-state index in [4.69, 9.17) is 0 Å². The normalized spacial score (nSPS) is 12.3. The van der Waals surface area contributed by atoms with Gasteiger partial charge in [-0.3, -0.25) is 58.6 Å². The molecule has 0 unspecified atom stereocenters. The van der Waals surface area contributed by atoms with Crippen molar-refractivity contribution in [1.82, 2.24) is 98.9 Å². The summed E-state index contributed by atoms with van der Waals surface area (Å²) in [4.78, 5) is 51.9. The lowest BCUT2D eigenvalue weighted by Gasteiger charge is -2.14. The van der Waals surface area contributed by atoms with E-state index in [9.17, 15) is 38.0 Å². The van der Waals surface area contributed by atoms with E-state index in [1.807, 2.05) is 79.7 Å². The molecule has 116 heavy (non-hydrogen) atoms. The van der Waals surface area contributed by atoms with Gasteiger partial charge >= 0.3 is 0 Å². The molecule has 0 saturated heterocycles. The fraction of sp³-hybridized carbons (Fsp3) is 0.238. The number of halogens is 4. The maximum absolute atomic E-state index is 14.3. The van der Waals surface area contributed by atoms with Gasteiger partial charge in [-0.1, -0.05) is 0 Å². The molecule has 0 amide bonds. The second-order valence-electron chi connectivity index (χ2n) is 28.3. The fourth-order valence-electron chi connectivity index (χ4n) is 12.5. The molecule has 16 rings (SSSR count). The Morgan fingerprint density at radius 2 is 0.586 bits per heavy atom. The van der Waals surface area contributed by atoms with E-state index in [1.165, 1.54) is 24.3 Å². The molecular weight excluding hydrogens is 1490 g/mol. The van der Waals surface area contributed by atoms with Crippen LogP contribution in [-0.2, 0) is 26.2 Å². The van der Waals surface area contributed by atoms with Crippen molar-refractivity contribution in [2.45, 2.75) is 134 Å². The third-order valence-corrected chi connectivity index (χ3v) is 18.1. The van der Waals surface area contributed by atoms with E-state index < -0.39 is 47.7 Å². The van der Waals surface area contributed by atoms with Crippen LogP contribution in [0.2, 0.25) is 0 Å². The van der Waals surface area contributed by atoms with Crippen molar-refractivity contribution in [3.05, 3.63) is 240 Å². The van der Waals surface area contributed by atoms with Crippen LogP contribution in [0.4, 0.5) is 63.1 Å². The SMILES string of the molecule is Cc1ccc(F)c(-c2cc(Nc3ccnc4cn(C[C@@H](C)O)nc34)c(C)cn2)n1.Cc1ccc(F)c(-c2cc(Nc3ccnc4cn(C[C@H](C)O)nc34)c(C)cn2)n1.Cc1ccc(F)c(-c2cc(Nc3ccnc4cnn(C[C@@H](C)O)c34)c(C)cn2)n1.Cc1ccc(F)c(-c2cc(Nc3ccnc4cnn(C[C@H](C)O)c34)c(C)cn2)n1. The van der Waals surface area contributed by atoms with Gasteiger partial charge in [-0.2, -0.15) is 20.4 Å². The van der Waals surface area contributed by atoms with Gasteiger partial charge in [0.1, 0.15) is 66.9 Å². The Labute approximate surface area is 663 Å². The fourth-order valence-corrected chi connectivity index (χ4v) is 12.5. The summed E-state index contributed by atoms with van der Waals surface area (Å²) in [6.07, 6.45) is 18.3. The average molecular weight is 1570 g/mol. The van der Waals surface area contributed by atoms with E-state index in [2.05, 4.69) is 101 Å². The molecule has 592 valence electrons. The number of pyridine rings is 12. The average Bonchev–Trinajstić information content (AvgIpc) is 1.61. The van der Waals surface area contributed by atoms with Gasteiger partial charge in [0.15, 0.2) is 23.3 Å². The van der Waals surface area contributed by atoms with E-state index in [1.54, 1.807) is 169 Å². The second-order valence-corrected chi connectivity index (χ2v) is 28.3. The number of hydrogen-bond acceptors (Lipinski definition) is 24. The van der Waals surface area contributed by atoms with Gasteiger partial charge in [-0.25, -0.2) is 37.5 Å². The summed E-state index contributed by atoms with van der Waals surface area (Å²) in [5, 5.41) is 70.0. The van der Waals surface area contributed by atoms with Crippen molar-refractivity contribution < 1.29 is 38.0 Å². The number of anilines is 8. The van der Waals surface area contributed by atoms with Crippen molar-refractivity contribution in [2.75, 3.05) is 21.3 Å². The highest BCUT2D eigenvalue weighted by molar-refractivity contribution is 5.93. The summed E-state index contributed by atoms with van der Waals surface area (Å²) in [5.41, 5.74) is 21.1. The van der Waals surface area contributed by atoms with Crippen LogP contribution in [0.1, 0.15) is 72.7 Å². The van der Waals surface area contributed by atoms with Crippen LogP contribution in [0.25, 0.3) is 89.7 Å². The smallest absolute Gasteiger partial charge is 0.151 e. The van der Waals surface area contributed by atoms with Crippen LogP contribution in [0.15, 0.2) is 171 Å². The summed E-state index contributed by atoms with van der Waals surface area (Å²) in [5.74, 6) is -1.67. The first-order valence-electron chi connectivity index (χ1n) is 37.1. The predicted octanol–water partition coefficient (Wildman–Crippen LogP) is 15.1. The number of rotatable bonds is 20. The lowest BCUT2D eigenvalue weighted by atomic mass is 10.1. The molecule has 16 aromatic rings. The molecule has 0 spiro atoms. The van der Waals surface area contributed by atoms with E-state index in [0.29, 0.717) is 82.1 Å². The zero-order chi connectivity index (χ0) is 82.2. The molecule has 0 aliphatic carbocycles. The van der Waals surface area contributed by atoms with Gasteiger partial charge in [-0.05, 0) is 202 Å². The molecule has 32 heteroatoms. The van der Waals surface area contributed by atoms with Crippen LogP contribution in [0, 0.1) is 78.7 Å². The highest BCUT2D eigenvalue weighted by Gasteiger charge is 2.21. The maximum Gasteiger partial charge on any atom is 0.151 e. The Balaban J connectivity index is 0.000000135. The lowest BCUT2D eigenvalue weighted by molar-refractivity contribution is 0.168. The summed E-state index contributed by atoms with van der Waals surface area (Å²) in [6.45, 7) is 23.2. The molecule has 0 aromatic carbocycles. The third kappa shape index (κ3) is 19.0. The Bertz CT molecular complexity index is 5860. The topological polar surface area (TPSA) is 355 Å². The minimum atomic E-state index is -0.546. The van der Waals surface area contributed by atoms with Gasteiger partial charge in [0, 0.05) is 95.1 Å². The van der Waals surface area contributed by atoms with E-state index >= 15 is 0 Å². The minimum Gasteiger partial charge on any atom is -0.391 e. The van der Waals surface area contributed by atoms with Gasteiger partial charge < -0.3 is 41.7 Å². The molecule has 0 aliphatic heterocycles. The van der Waals surface area contributed by atoms with E-state index in [-0.39, 0.29) is 22.8 Å². The van der Waals surface area contributed by atoms with Crippen molar-refractivity contribution in [3.63, 3.8) is 0 Å². The number of aliphatic hydroxyl groups is 4. The molecule has 8 N–H and O–H groups in total. The monoisotopic (exact) mass is 1570 g/mol. The quantitative estimate of drug-likeness (QED) is 0.0329. The van der Waals surface area contributed by atoms with E-state index in [0.717, 1.165) is 102 Å². The van der Waals surface area contributed by atoms with Gasteiger partial charge in [0.05, 0.1) is 121 Å². The minimum absolute atomic E-state index is 0.215. The number of nitrogens with one attached hydrogen (secondary N) is 4. The summed E-state index contributed by atoms with van der Waals surface area (Å²) >= 11 is 0. The van der Waals surface area contributed by atoms with Gasteiger partial charge in [0.2, 0.25) is 0 Å². The molecule has 16 aromatic heterocycles. The zero-order valence-corrected chi connectivity index (χ0v) is 65.5. The standard InChI is InChI=1S/4C21H21FN6O/c2*1-12-9-24-18(20-15(22)5-4-13(2)26-20)8-17(12)27-16-6-7-23-19-10-25-28(21(16)19)11-14(3)29;2*1-12-9-24-18(20-15(22)5-4-13(2)25-20)8-17(12)26-16-6-7-23-19-11-28(10-14(3)29)27-21(16)19/h2*4-10,14,29H,11H2,1-3H3,(H,23,24,27);2*4-9,11,14,29H,10H2,1-3H3,(H,24,26)/t4*14-/m1010/s1. The first kappa shape index (κ1) is 80.5. The number of hydrogen-bond donors (Lipinski definition) is 8. The molecule has 0 saturated carbocycles.